The van der Waals surface area contributed by atoms with E-state index >= 15 is 0 Å². The summed E-state index contributed by atoms with van der Waals surface area (Å²) >= 11 is 0. The number of carbonyl (C=O) groups is 1. The van der Waals surface area contributed by atoms with Gasteiger partial charge in [-0.15, -0.1) is 0 Å². The number of carbonyl (C=O) groups excluding carboxylic acids is 1. The van der Waals surface area contributed by atoms with Crippen LogP contribution in [0, 0.1) is 24.2 Å². The SMILES string of the molecule is Cc1c(B2OC(C)(C)C(C)(C)O2)cnn1CC12CC3CC(C1)CC(OCCOC(C)OC(=O)NC(C)(C)C)(C3)C2. The average Bonchev–Trinajstić information content (AvgIpc) is 3.23. The number of nitrogens with one attached hydrogen (secondary N) is 1. The van der Waals surface area contributed by atoms with Crippen LogP contribution in [0.3, 0.4) is 0 Å². The molecule has 1 aromatic rings. The molecule has 224 valence electrons. The van der Waals surface area contributed by atoms with Gasteiger partial charge in [-0.3, -0.25) is 4.68 Å². The highest BCUT2D eigenvalue weighted by Crippen LogP contribution is 2.63. The molecular formula is C30H50BN3O6. The van der Waals surface area contributed by atoms with Gasteiger partial charge in [-0.25, -0.2) is 4.79 Å². The van der Waals surface area contributed by atoms with Crippen LogP contribution in [0.4, 0.5) is 4.79 Å². The number of ether oxygens (including phenoxy) is 3. The third-order valence-electron chi connectivity index (χ3n) is 9.86. The van der Waals surface area contributed by atoms with Gasteiger partial charge in [0, 0.05) is 29.4 Å². The van der Waals surface area contributed by atoms with Crippen molar-refractivity contribution in [1.82, 2.24) is 15.1 Å². The zero-order valence-corrected chi connectivity index (χ0v) is 26.1. The Morgan fingerprint density at radius 3 is 2.35 bits per heavy atom. The Labute approximate surface area is 240 Å². The molecule has 0 aromatic carbocycles. The molecule has 5 aliphatic rings. The van der Waals surface area contributed by atoms with Crippen LogP contribution in [0.15, 0.2) is 6.20 Å². The Morgan fingerprint density at radius 2 is 1.75 bits per heavy atom. The number of nitrogens with zero attached hydrogens (tertiary/aromatic N) is 2. The van der Waals surface area contributed by atoms with E-state index in [0.29, 0.717) is 25.0 Å². The van der Waals surface area contributed by atoms with E-state index in [1.165, 1.54) is 19.3 Å². The van der Waals surface area contributed by atoms with Crippen LogP contribution < -0.4 is 10.8 Å². The molecule has 10 heteroatoms. The van der Waals surface area contributed by atoms with Crippen molar-refractivity contribution in [1.29, 1.82) is 0 Å². The number of aromatic nitrogens is 2. The van der Waals surface area contributed by atoms with Crippen LogP contribution >= 0.6 is 0 Å². The summed E-state index contributed by atoms with van der Waals surface area (Å²) in [5.41, 5.74) is 1.15. The van der Waals surface area contributed by atoms with Gasteiger partial charge in [0.1, 0.15) is 0 Å². The Hall–Kier alpha value is -1.62. The van der Waals surface area contributed by atoms with Crippen molar-refractivity contribution in [2.24, 2.45) is 17.3 Å². The summed E-state index contributed by atoms with van der Waals surface area (Å²) in [6, 6.07) is 0. The van der Waals surface area contributed by atoms with Crippen LogP contribution in [0.5, 0.6) is 0 Å². The van der Waals surface area contributed by atoms with E-state index in [0.717, 1.165) is 37.0 Å². The second kappa shape index (κ2) is 10.3. The topological polar surface area (TPSA) is 93.1 Å². The Morgan fingerprint density at radius 1 is 1.12 bits per heavy atom. The van der Waals surface area contributed by atoms with E-state index in [2.05, 4.69) is 44.6 Å². The number of hydrogen-bond acceptors (Lipinski definition) is 7. The van der Waals surface area contributed by atoms with Crippen LogP contribution in [0.2, 0.25) is 0 Å². The first-order valence-electron chi connectivity index (χ1n) is 15.1. The zero-order chi connectivity index (χ0) is 29.1. The molecule has 0 radical (unpaired) electrons. The monoisotopic (exact) mass is 559 g/mol. The summed E-state index contributed by atoms with van der Waals surface area (Å²) in [5.74, 6) is 1.40. The molecule has 1 aliphatic heterocycles. The molecule has 4 saturated carbocycles. The highest BCUT2D eigenvalue weighted by atomic mass is 16.7. The van der Waals surface area contributed by atoms with Gasteiger partial charge in [-0.1, -0.05) is 0 Å². The molecule has 0 spiro atoms. The molecule has 9 nitrogen and oxygen atoms in total. The lowest BCUT2D eigenvalue weighted by Gasteiger charge is -2.61. The minimum absolute atomic E-state index is 0.100. The summed E-state index contributed by atoms with van der Waals surface area (Å²) in [6.45, 7) is 19.8. The normalized spacial score (nSPS) is 32.9. The first-order valence-corrected chi connectivity index (χ1v) is 15.1. The van der Waals surface area contributed by atoms with E-state index in [-0.39, 0.29) is 27.8 Å². The van der Waals surface area contributed by atoms with Gasteiger partial charge in [-0.05, 0) is 118 Å². The maximum atomic E-state index is 12.0. The molecule has 3 atom stereocenters. The van der Waals surface area contributed by atoms with Gasteiger partial charge in [0.25, 0.3) is 0 Å². The highest BCUT2D eigenvalue weighted by molar-refractivity contribution is 6.62. The van der Waals surface area contributed by atoms with E-state index < -0.39 is 19.5 Å². The summed E-state index contributed by atoms with van der Waals surface area (Å²) in [5, 5.41) is 7.63. The molecule has 1 amide bonds. The molecular weight excluding hydrogens is 509 g/mol. The summed E-state index contributed by atoms with van der Waals surface area (Å²) in [4.78, 5) is 12.0. The van der Waals surface area contributed by atoms with Crippen molar-refractivity contribution in [2.75, 3.05) is 13.2 Å². The molecule has 1 saturated heterocycles. The Kier molecular flexibility index (Phi) is 7.68. The van der Waals surface area contributed by atoms with Crippen LogP contribution in [0.1, 0.15) is 99.6 Å². The fourth-order valence-corrected chi connectivity index (χ4v) is 7.85. The first kappa shape index (κ1) is 29.9. The first-order chi connectivity index (χ1) is 18.5. The minimum atomic E-state index is -0.630. The zero-order valence-electron chi connectivity index (χ0n) is 26.1. The fraction of sp³-hybridized carbons (Fsp3) is 0.867. The van der Waals surface area contributed by atoms with E-state index in [1.807, 2.05) is 27.0 Å². The van der Waals surface area contributed by atoms with E-state index in [9.17, 15) is 4.79 Å². The summed E-state index contributed by atoms with van der Waals surface area (Å²) in [7, 11) is -0.393. The second-order valence-corrected chi connectivity index (χ2v) is 15.1. The largest absolute Gasteiger partial charge is 0.498 e. The van der Waals surface area contributed by atoms with Crippen LogP contribution in [0.25, 0.3) is 0 Å². The van der Waals surface area contributed by atoms with Crippen molar-refractivity contribution < 1.29 is 28.3 Å². The summed E-state index contributed by atoms with van der Waals surface area (Å²) in [6.07, 6.45) is 7.94. The average molecular weight is 560 g/mol. The second-order valence-electron chi connectivity index (χ2n) is 15.1. The predicted molar refractivity (Wildman–Crippen MR) is 153 cm³/mol. The number of hydrogen-bond donors (Lipinski definition) is 1. The van der Waals surface area contributed by atoms with Gasteiger partial charge in [0.2, 0.25) is 6.29 Å². The van der Waals surface area contributed by atoms with E-state index in [4.69, 9.17) is 28.6 Å². The van der Waals surface area contributed by atoms with Crippen molar-refractivity contribution >= 4 is 18.7 Å². The highest BCUT2D eigenvalue weighted by Gasteiger charge is 2.59. The van der Waals surface area contributed by atoms with Crippen molar-refractivity contribution in [2.45, 2.75) is 136 Å². The Bertz CT molecular complexity index is 1070. The molecule has 4 bridgehead atoms. The van der Waals surface area contributed by atoms with Crippen LogP contribution in [-0.2, 0) is 30.1 Å². The third kappa shape index (κ3) is 6.10. The van der Waals surface area contributed by atoms with Crippen LogP contribution in [-0.4, -0.2) is 64.8 Å². The quantitative estimate of drug-likeness (QED) is 0.266. The molecule has 1 N–H and O–H groups in total. The minimum Gasteiger partial charge on any atom is -0.420 e. The fourth-order valence-electron chi connectivity index (χ4n) is 7.85. The number of rotatable bonds is 9. The standard InChI is InChI=1S/C30H50BN3O6/c1-20-24(31-39-27(6,7)28(8,9)40-31)17-32-34(20)19-29-13-22-12-23(14-29)16-30(15-22,18-29)37-11-10-36-21(2)38-25(35)33-26(3,4)5/h17,21-23H,10-16,18-19H2,1-9H3,(H,33,35). The lowest BCUT2D eigenvalue weighted by Crippen LogP contribution is -2.58. The molecule has 6 rings (SSSR count). The van der Waals surface area contributed by atoms with Gasteiger partial charge >= 0.3 is 13.2 Å². The van der Waals surface area contributed by atoms with Gasteiger partial charge in [-0.2, -0.15) is 5.10 Å². The molecule has 1 aromatic heterocycles. The van der Waals surface area contributed by atoms with E-state index in [1.54, 1.807) is 6.92 Å². The smallest absolute Gasteiger partial charge is 0.420 e. The molecule has 3 unspecified atom stereocenters. The lowest BCUT2D eigenvalue weighted by atomic mass is 9.48. The van der Waals surface area contributed by atoms with Gasteiger partial charge < -0.3 is 28.8 Å². The van der Waals surface area contributed by atoms with Crippen molar-refractivity contribution in [3.63, 3.8) is 0 Å². The van der Waals surface area contributed by atoms with Gasteiger partial charge in [0.15, 0.2) is 0 Å². The van der Waals surface area contributed by atoms with Crippen molar-refractivity contribution in [3.8, 4) is 0 Å². The maximum Gasteiger partial charge on any atom is 0.498 e. The number of amides is 1. The van der Waals surface area contributed by atoms with Gasteiger partial charge in [0.05, 0.1) is 30.0 Å². The number of alkyl carbamates (subject to hydrolysis) is 1. The molecule has 4 aliphatic carbocycles. The lowest BCUT2D eigenvalue weighted by molar-refractivity contribution is -0.207. The maximum absolute atomic E-state index is 12.0. The molecule has 40 heavy (non-hydrogen) atoms. The third-order valence-corrected chi connectivity index (χ3v) is 9.86. The molecule has 2 heterocycles. The molecule has 5 fully saturated rings. The summed E-state index contributed by atoms with van der Waals surface area (Å²) < 4.78 is 32.6. The Balaban J connectivity index is 1.18. The predicted octanol–water partition coefficient (Wildman–Crippen LogP) is 4.73. The van der Waals surface area contributed by atoms with Crippen molar-refractivity contribution in [3.05, 3.63) is 11.9 Å².